The Hall–Kier alpha value is -0.980. The van der Waals surface area contributed by atoms with Crippen LogP contribution in [0.25, 0.3) is 0 Å². The van der Waals surface area contributed by atoms with Gasteiger partial charge in [-0.1, -0.05) is 31.2 Å². The van der Waals surface area contributed by atoms with Crippen molar-refractivity contribution in [3.63, 3.8) is 0 Å². The van der Waals surface area contributed by atoms with E-state index in [4.69, 9.17) is 4.74 Å². The first-order chi connectivity index (χ1) is 5.83. The van der Waals surface area contributed by atoms with Crippen LogP contribution in [0.4, 0.5) is 0 Å². The van der Waals surface area contributed by atoms with E-state index in [-0.39, 0.29) is 0 Å². The number of methoxy groups -OCH3 is 1. The van der Waals surface area contributed by atoms with Crippen LogP contribution in [-0.2, 0) is 4.74 Å². The molecule has 66 valence electrons. The maximum absolute atomic E-state index is 5.19. The molecular weight excluding hydrogens is 148 g/mol. The quantitative estimate of drug-likeness (QED) is 0.541. The molecule has 0 aliphatic heterocycles. The standard InChI is InChI=1S/C11H16O/c1-10-6-3-4-8-11(12-2)9-5-7-10/h3,5-8,10H,4,9H2,1-2H3/b6-3-,7-5-,11-8+. The fourth-order valence-electron chi connectivity index (χ4n) is 1.21. The third kappa shape index (κ3) is 2.95. The van der Waals surface area contributed by atoms with Gasteiger partial charge in [0, 0.05) is 6.42 Å². The van der Waals surface area contributed by atoms with Crippen LogP contribution in [0.1, 0.15) is 19.8 Å². The van der Waals surface area contributed by atoms with Crippen molar-refractivity contribution in [1.82, 2.24) is 0 Å². The summed E-state index contributed by atoms with van der Waals surface area (Å²) in [5, 5.41) is 0. The van der Waals surface area contributed by atoms with Crippen molar-refractivity contribution in [3.05, 3.63) is 36.1 Å². The molecule has 12 heavy (non-hydrogen) atoms. The predicted octanol–water partition coefficient (Wildman–Crippen LogP) is 3.06. The molecule has 0 aromatic heterocycles. The summed E-state index contributed by atoms with van der Waals surface area (Å²) in [6.07, 6.45) is 12.8. The van der Waals surface area contributed by atoms with E-state index in [1.807, 2.05) is 0 Å². The molecule has 0 spiro atoms. The number of hydrogen-bond acceptors (Lipinski definition) is 1. The molecule has 0 radical (unpaired) electrons. The van der Waals surface area contributed by atoms with Gasteiger partial charge in [-0.2, -0.15) is 0 Å². The minimum absolute atomic E-state index is 0.551. The van der Waals surface area contributed by atoms with Crippen LogP contribution >= 0.6 is 0 Å². The Morgan fingerprint density at radius 1 is 1.33 bits per heavy atom. The summed E-state index contributed by atoms with van der Waals surface area (Å²) in [6, 6.07) is 0. The van der Waals surface area contributed by atoms with Gasteiger partial charge in [0.25, 0.3) is 0 Å². The van der Waals surface area contributed by atoms with Gasteiger partial charge < -0.3 is 4.74 Å². The fourth-order valence-corrected chi connectivity index (χ4v) is 1.21. The molecule has 0 fully saturated rings. The molecule has 1 heteroatoms. The summed E-state index contributed by atoms with van der Waals surface area (Å²) in [7, 11) is 1.73. The van der Waals surface area contributed by atoms with Crippen LogP contribution in [0.5, 0.6) is 0 Å². The minimum atomic E-state index is 0.551. The van der Waals surface area contributed by atoms with E-state index in [2.05, 4.69) is 37.3 Å². The molecule has 0 bridgehead atoms. The van der Waals surface area contributed by atoms with Crippen molar-refractivity contribution in [2.24, 2.45) is 5.92 Å². The molecular formula is C11H16O. The first kappa shape index (κ1) is 9.11. The van der Waals surface area contributed by atoms with Gasteiger partial charge in [0.2, 0.25) is 0 Å². The number of allylic oxidation sites excluding steroid dienone is 5. The van der Waals surface area contributed by atoms with Crippen LogP contribution in [0, 0.1) is 5.92 Å². The SMILES string of the molecule is CO/C1=C/C/C=C\C(C)/C=C\C1. The molecule has 1 aliphatic carbocycles. The smallest absolute Gasteiger partial charge is 0.0956 e. The van der Waals surface area contributed by atoms with E-state index < -0.39 is 0 Å². The van der Waals surface area contributed by atoms with E-state index in [1.165, 1.54) is 0 Å². The Morgan fingerprint density at radius 2 is 2.08 bits per heavy atom. The zero-order valence-corrected chi connectivity index (χ0v) is 7.79. The summed E-state index contributed by atoms with van der Waals surface area (Å²) in [5.74, 6) is 1.61. The van der Waals surface area contributed by atoms with Crippen molar-refractivity contribution in [2.45, 2.75) is 19.8 Å². The van der Waals surface area contributed by atoms with Gasteiger partial charge in [0.05, 0.1) is 12.9 Å². The van der Waals surface area contributed by atoms with Gasteiger partial charge in [-0.3, -0.25) is 0 Å². The first-order valence-corrected chi connectivity index (χ1v) is 4.39. The largest absolute Gasteiger partial charge is 0.501 e. The van der Waals surface area contributed by atoms with Crippen LogP contribution in [0.15, 0.2) is 36.1 Å². The average Bonchev–Trinajstić information content (AvgIpc) is 2.17. The second kappa shape index (κ2) is 4.81. The Bertz CT molecular complexity index is 211. The Kier molecular flexibility index (Phi) is 3.65. The highest BCUT2D eigenvalue weighted by atomic mass is 16.5. The van der Waals surface area contributed by atoms with Crippen LogP contribution in [-0.4, -0.2) is 7.11 Å². The molecule has 0 saturated heterocycles. The van der Waals surface area contributed by atoms with Crippen LogP contribution in [0.3, 0.4) is 0 Å². The Morgan fingerprint density at radius 3 is 2.83 bits per heavy atom. The van der Waals surface area contributed by atoms with Gasteiger partial charge in [-0.05, 0) is 18.4 Å². The van der Waals surface area contributed by atoms with Gasteiger partial charge in [-0.25, -0.2) is 0 Å². The third-order valence-corrected chi connectivity index (χ3v) is 1.94. The minimum Gasteiger partial charge on any atom is -0.501 e. The van der Waals surface area contributed by atoms with Crippen molar-refractivity contribution < 1.29 is 4.74 Å². The second-order valence-corrected chi connectivity index (χ2v) is 3.03. The normalized spacial score (nSPS) is 33.5. The molecule has 0 amide bonds. The monoisotopic (exact) mass is 164 g/mol. The first-order valence-electron chi connectivity index (χ1n) is 4.39. The maximum atomic E-state index is 5.19. The fraction of sp³-hybridized carbons (Fsp3) is 0.455. The van der Waals surface area contributed by atoms with E-state index in [9.17, 15) is 0 Å². The molecule has 0 aromatic rings. The highest BCUT2D eigenvalue weighted by Gasteiger charge is 1.95. The summed E-state index contributed by atoms with van der Waals surface area (Å²) in [4.78, 5) is 0. The van der Waals surface area contributed by atoms with Crippen molar-refractivity contribution in [2.75, 3.05) is 7.11 Å². The van der Waals surface area contributed by atoms with E-state index in [0.29, 0.717) is 5.92 Å². The highest BCUT2D eigenvalue weighted by molar-refractivity contribution is 5.09. The van der Waals surface area contributed by atoms with E-state index >= 15 is 0 Å². The number of rotatable bonds is 1. The molecule has 0 N–H and O–H groups in total. The van der Waals surface area contributed by atoms with Crippen LogP contribution < -0.4 is 0 Å². The molecule has 1 aliphatic rings. The highest BCUT2D eigenvalue weighted by Crippen LogP contribution is 2.10. The summed E-state index contributed by atoms with van der Waals surface area (Å²) >= 11 is 0. The molecule has 0 aromatic carbocycles. The maximum Gasteiger partial charge on any atom is 0.0956 e. The zero-order chi connectivity index (χ0) is 8.81. The lowest BCUT2D eigenvalue weighted by atomic mass is 10.1. The van der Waals surface area contributed by atoms with Gasteiger partial charge >= 0.3 is 0 Å². The molecule has 1 rings (SSSR count). The van der Waals surface area contributed by atoms with E-state index in [0.717, 1.165) is 18.6 Å². The third-order valence-electron chi connectivity index (χ3n) is 1.94. The lowest BCUT2D eigenvalue weighted by molar-refractivity contribution is 0.283. The van der Waals surface area contributed by atoms with Gasteiger partial charge in [0.1, 0.15) is 0 Å². The van der Waals surface area contributed by atoms with Crippen LogP contribution in [0.2, 0.25) is 0 Å². The van der Waals surface area contributed by atoms with Gasteiger partial charge in [0.15, 0.2) is 0 Å². The molecule has 0 heterocycles. The Labute approximate surface area is 74.4 Å². The van der Waals surface area contributed by atoms with E-state index in [1.54, 1.807) is 7.11 Å². The second-order valence-electron chi connectivity index (χ2n) is 3.03. The number of hydrogen-bond donors (Lipinski definition) is 0. The zero-order valence-electron chi connectivity index (χ0n) is 7.79. The molecule has 1 atom stereocenters. The summed E-state index contributed by atoms with van der Waals surface area (Å²) in [6.45, 7) is 2.19. The topological polar surface area (TPSA) is 9.23 Å². The van der Waals surface area contributed by atoms with Crippen molar-refractivity contribution in [1.29, 1.82) is 0 Å². The predicted molar refractivity (Wildman–Crippen MR) is 51.8 cm³/mol. The molecule has 1 nitrogen and oxygen atoms in total. The summed E-state index contributed by atoms with van der Waals surface area (Å²) < 4.78 is 5.19. The van der Waals surface area contributed by atoms with Crippen molar-refractivity contribution in [3.8, 4) is 0 Å². The number of ether oxygens (including phenoxy) is 1. The molecule has 0 saturated carbocycles. The Balaban J connectivity index is 2.63. The van der Waals surface area contributed by atoms with Gasteiger partial charge in [-0.15, -0.1) is 0 Å². The molecule has 1 unspecified atom stereocenters. The summed E-state index contributed by atoms with van der Waals surface area (Å²) in [5.41, 5.74) is 0. The lowest BCUT2D eigenvalue weighted by Gasteiger charge is -2.00. The lowest BCUT2D eigenvalue weighted by Crippen LogP contribution is -1.84. The average molecular weight is 164 g/mol. The van der Waals surface area contributed by atoms with Crippen molar-refractivity contribution >= 4 is 0 Å².